The van der Waals surface area contributed by atoms with Crippen LogP contribution in [0.4, 0.5) is 13.2 Å². The molecule has 7 heteroatoms. The van der Waals surface area contributed by atoms with Gasteiger partial charge in [-0.15, -0.1) is 0 Å². The Bertz CT molecular complexity index is 770. The second kappa shape index (κ2) is 7.57. The number of halogens is 3. The lowest BCUT2D eigenvalue weighted by Crippen LogP contribution is -2.40. The number of hydrogen-bond acceptors (Lipinski definition) is 3. The van der Waals surface area contributed by atoms with Crippen molar-refractivity contribution in [2.24, 2.45) is 0 Å². The van der Waals surface area contributed by atoms with E-state index in [1.54, 1.807) is 12.1 Å². The van der Waals surface area contributed by atoms with Gasteiger partial charge in [-0.2, -0.15) is 0 Å². The monoisotopic (exact) mass is 350 g/mol. The summed E-state index contributed by atoms with van der Waals surface area (Å²) in [5.41, 5.74) is 0.515. The van der Waals surface area contributed by atoms with Crippen LogP contribution in [0.1, 0.15) is 12.0 Å². The number of carbonyl (C=O) groups excluding carboxylic acids is 1. The van der Waals surface area contributed by atoms with Crippen molar-refractivity contribution in [1.82, 2.24) is 10.6 Å². The highest BCUT2D eigenvalue weighted by Crippen LogP contribution is 2.27. The lowest BCUT2D eigenvalue weighted by atomic mass is 10.1. The van der Waals surface area contributed by atoms with Crippen LogP contribution in [0.15, 0.2) is 42.5 Å². The molecule has 0 aliphatic carbocycles. The zero-order valence-electron chi connectivity index (χ0n) is 13.3. The molecular weight excluding hydrogens is 333 g/mol. The van der Waals surface area contributed by atoms with Gasteiger partial charge in [0.1, 0.15) is 6.17 Å². The van der Waals surface area contributed by atoms with Crippen molar-refractivity contribution in [3.05, 3.63) is 59.7 Å². The van der Waals surface area contributed by atoms with Crippen LogP contribution in [0.5, 0.6) is 11.5 Å². The summed E-state index contributed by atoms with van der Waals surface area (Å²) in [7, 11) is 0. The minimum atomic E-state index is -1.02. The van der Waals surface area contributed by atoms with Gasteiger partial charge in [-0.05, 0) is 29.8 Å². The predicted molar refractivity (Wildman–Crippen MR) is 86.0 cm³/mol. The van der Waals surface area contributed by atoms with Gasteiger partial charge in [0.15, 0.2) is 23.1 Å². The summed E-state index contributed by atoms with van der Waals surface area (Å²) >= 11 is 0. The second-order valence-electron chi connectivity index (χ2n) is 5.81. The number of nitrogens with one attached hydrogen (secondary N) is 2. The van der Waals surface area contributed by atoms with Gasteiger partial charge in [-0.3, -0.25) is 4.79 Å². The Morgan fingerprint density at radius 2 is 1.92 bits per heavy atom. The molecule has 132 valence electrons. The van der Waals surface area contributed by atoms with E-state index in [9.17, 15) is 18.0 Å². The van der Waals surface area contributed by atoms with Crippen molar-refractivity contribution < 1.29 is 22.7 Å². The minimum absolute atomic E-state index is 0.0736. The smallest absolute Gasteiger partial charge is 0.237 e. The van der Waals surface area contributed by atoms with Crippen molar-refractivity contribution in [2.75, 3.05) is 6.54 Å². The van der Waals surface area contributed by atoms with Gasteiger partial charge in [0, 0.05) is 19.5 Å². The standard InChI is InChI=1S/C18H17F3N2O2/c19-12-8-15(22-10-12)18(24)23-9-11-5-6-17(14(21)7-11)25-16-4-2-1-3-13(16)20/h1-7,12,15,22H,8-10H2,(H,23,24)/t12-,15-/m0/s1. The van der Waals surface area contributed by atoms with E-state index < -0.39 is 23.8 Å². The van der Waals surface area contributed by atoms with Crippen LogP contribution in [0.2, 0.25) is 0 Å². The first-order valence-electron chi connectivity index (χ1n) is 7.89. The molecule has 0 spiro atoms. The zero-order chi connectivity index (χ0) is 17.8. The van der Waals surface area contributed by atoms with E-state index in [4.69, 9.17) is 4.74 Å². The number of amides is 1. The molecule has 1 saturated heterocycles. The molecule has 2 aromatic rings. The number of hydrogen-bond donors (Lipinski definition) is 2. The maximum atomic E-state index is 14.1. The molecule has 25 heavy (non-hydrogen) atoms. The van der Waals surface area contributed by atoms with E-state index in [0.717, 1.165) is 0 Å². The molecule has 0 radical (unpaired) electrons. The van der Waals surface area contributed by atoms with Crippen LogP contribution in [0.25, 0.3) is 0 Å². The van der Waals surface area contributed by atoms with Crippen molar-refractivity contribution >= 4 is 5.91 Å². The van der Waals surface area contributed by atoms with E-state index in [2.05, 4.69) is 10.6 Å². The zero-order valence-corrected chi connectivity index (χ0v) is 13.3. The molecule has 0 bridgehead atoms. The van der Waals surface area contributed by atoms with E-state index in [1.165, 1.54) is 30.3 Å². The maximum Gasteiger partial charge on any atom is 0.237 e. The number of benzene rings is 2. The molecule has 1 aliphatic rings. The molecule has 1 heterocycles. The topological polar surface area (TPSA) is 50.4 Å². The third-order valence-corrected chi connectivity index (χ3v) is 3.91. The number of carbonyl (C=O) groups is 1. The number of alkyl halides is 1. The Labute approximate surface area is 143 Å². The highest BCUT2D eigenvalue weighted by molar-refractivity contribution is 5.82. The Balaban J connectivity index is 1.60. The van der Waals surface area contributed by atoms with Crippen molar-refractivity contribution in [1.29, 1.82) is 0 Å². The van der Waals surface area contributed by atoms with Gasteiger partial charge in [0.05, 0.1) is 6.04 Å². The highest BCUT2D eigenvalue weighted by atomic mass is 19.1. The van der Waals surface area contributed by atoms with Crippen molar-refractivity contribution in [2.45, 2.75) is 25.2 Å². The van der Waals surface area contributed by atoms with Gasteiger partial charge in [-0.25, -0.2) is 13.2 Å². The summed E-state index contributed by atoms with van der Waals surface area (Å²) in [6, 6.07) is 9.29. The normalized spacial score (nSPS) is 19.6. The maximum absolute atomic E-state index is 14.1. The quantitative estimate of drug-likeness (QED) is 0.871. The molecule has 2 N–H and O–H groups in total. The van der Waals surface area contributed by atoms with Gasteiger partial charge in [-0.1, -0.05) is 18.2 Å². The Hall–Kier alpha value is -2.54. The van der Waals surface area contributed by atoms with E-state index in [1.807, 2.05) is 0 Å². The summed E-state index contributed by atoms with van der Waals surface area (Å²) < 4.78 is 46.0. The fourth-order valence-electron chi connectivity index (χ4n) is 2.59. The Kier molecular flexibility index (Phi) is 5.23. The minimum Gasteiger partial charge on any atom is -0.451 e. The summed E-state index contributed by atoms with van der Waals surface area (Å²) in [5.74, 6) is -1.77. The van der Waals surface area contributed by atoms with E-state index >= 15 is 0 Å². The predicted octanol–water partition coefficient (Wildman–Crippen LogP) is 3.07. The van der Waals surface area contributed by atoms with Crippen molar-refractivity contribution in [3.8, 4) is 11.5 Å². The van der Waals surface area contributed by atoms with E-state index in [0.29, 0.717) is 5.56 Å². The summed E-state index contributed by atoms with van der Waals surface area (Å²) in [6.45, 7) is 0.264. The molecule has 2 atom stereocenters. The fourth-order valence-corrected chi connectivity index (χ4v) is 2.59. The highest BCUT2D eigenvalue weighted by Gasteiger charge is 2.28. The molecule has 3 rings (SSSR count). The third kappa shape index (κ3) is 4.30. The van der Waals surface area contributed by atoms with Crippen LogP contribution < -0.4 is 15.4 Å². The molecule has 1 aliphatic heterocycles. The Morgan fingerprint density at radius 3 is 2.60 bits per heavy atom. The first kappa shape index (κ1) is 17.3. The first-order chi connectivity index (χ1) is 12.0. The van der Waals surface area contributed by atoms with Crippen LogP contribution >= 0.6 is 0 Å². The number of ether oxygens (including phenoxy) is 1. The average molecular weight is 350 g/mol. The average Bonchev–Trinajstić information content (AvgIpc) is 3.03. The first-order valence-corrected chi connectivity index (χ1v) is 7.89. The number of rotatable bonds is 5. The number of para-hydroxylation sites is 1. The van der Waals surface area contributed by atoms with E-state index in [-0.39, 0.29) is 36.9 Å². The van der Waals surface area contributed by atoms with Gasteiger partial charge in [0.2, 0.25) is 5.91 Å². The lowest BCUT2D eigenvalue weighted by Gasteiger charge is -2.12. The van der Waals surface area contributed by atoms with Gasteiger partial charge >= 0.3 is 0 Å². The molecular formula is C18H17F3N2O2. The second-order valence-corrected chi connectivity index (χ2v) is 5.81. The van der Waals surface area contributed by atoms with Gasteiger partial charge in [0.25, 0.3) is 0 Å². The molecule has 0 unspecified atom stereocenters. The molecule has 0 saturated carbocycles. The van der Waals surface area contributed by atoms with Crippen LogP contribution in [0, 0.1) is 11.6 Å². The molecule has 0 aromatic heterocycles. The Morgan fingerprint density at radius 1 is 1.16 bits per heavy atom. The fraction of sp³-hybridized carbons (Fsp3) is 0.278. The van der Waals surface area contributed by atoms with Crippen LogP contribution in [-0.2, 0) is 11.3 Å². The van der Waals surface area contributed by atoms with Crippen molar-refractivity contribution in [3.63, 3.8) is 0 Å². The summed E-state index contributed by atoms with van der Waals surface area (Å²) in [5, 5.41) is 5.41. The SMILES string of the molecule is O=C(NCc1ccc(Oc2ccccc2F)c(F)c1)[C@@H]1C[C@H](F)CN1. The molecule has 4 nitrogen and oxygen atoms in total. The third-order valence-electron chi connectivity index (χ3n) is 3.91. The summed E-state index contributed by atoms with van der Waals surface area (Å²) in [4.78, 5) is 11.9. The van der Waals surface area contributed by atoms with Crippen LogP contribution in [-0.4, -0.2) is 24.7 Å². The molecule has 1 fully saturated rings. The molecule has 1 amide bonds. The largest absolute Gasteiger partial charge is 0.451 e. The van der Waals surface area contributed by atoms with Crippen LogP contribution in [0.3, 0.4) is 0 Å². The van der Waals surface area contributed by atoms with Gasteiger partial charge < -0.3 is 15.4 Å². The summed E-state index contributed by atoms with van der Waals surface area (Å²) in [6.07, 6.45) is -0.890. The molecule has 2 aromatic carbocycles. The lowest BCUT2D eigenvalue weighted by molar-refractivity contribution is -0.123.